The second kappa shape index (κ2) is 5.90. The lowest BCUT2D eigenvalue weighted by molar-refractivity contribution is -0.134. The maximum absolute atomic E-state index is 13.5. The van der Waals surface area contributed by atoms with Crippen molar-refractivity contribution in [3.8, 4) is 17.0 Å². The van der Waals surface area contributed by atoms with E-state index in [0.717, 1.165) is 4.40 Å². The van der Waals surface area contributed by atoms with Gasteiger partial charge in [0.15, 0.2) is 5.65 Å². The molecular formula is C16H11BrF4N4O. The molecule has 2 heterocycles. The van der Waals surface area contributed by atoms with E-state index in [-0.39, 0.29) is 18.5 Å². The van der Waals surface area contributed by atoms with E-state index in [4.69, 9.17) is 4.74 Å². The Balaban J connectivity index is 1.57. The van der Waals surface area contributed by atoms with Crippen molar-refractivity contribution in [2.75, 3.05) is 0 Å². The maximum Gasteiger partial charge on any atom is 0.360 e. The quantitative estimate of drug-likeness (QED) is 0.454. The average Bonchev–Trinajstić information content (AvgIpc) is 2.97. The molecule has 3 aromatic rings. The Morgan fingerprint density at radius 1 is 1.15 bits per heavy atom. The lowest BCUT2D eigenvalue weighted by Crippen LogP contribution is -2.43. The normalized spacial score (nSPS) is 17.3. The van der Waals surface area contributed by atoms with Crippen molar-refractivity contribution in [1.29, 1.82) is 0 Å². The third kappa shape index (κ3) is 3.25. The van der Waals surface area contributed by atoms with Gasteiger partial charge in [0.2, 0.25) is 5.82 Å². The number of hydrogen-bond donors (Lipinski definition) is 0. The molecule has 1 aromatic carbocycles. The van der Waals surface area contributed by atoms with Crippen LogP contribution in [0.3, 0.4) is 0 Å². The molecule has 1 aliphatic rings. The van der Waals surface area contributed by atoms with Gasteiger partial charge < -0.3 is 4.74 Å². The second-order valence-electron chi connectivity index (χ2n) is 6.05. The topological polar surface area (TPSA) is 52.3 Å². The number of fused-ring (bicyclic) bond motifs is 1. The van der Waals surface area contributed by atoms with Gasteiger partial charge in [-0.1, -0.05) is 0 Å². The Morgan fingerprint density at radius 2 is 1.85 bits per heavy atom. The summed E-state index contributed by atoms with van der Waals surface area (Å²) in [6, 6.07) is 6.61. The van der Waals surface area contributed by atoms with Crippen LogP contribution in [0.1, 0.15) is 18.7 Å². The van der Waals surface area contributed by atoms with Crippen LogP contribution >= 0.6 is 15.9 Å². The van der Waals surface area contributed by atoms with Crippen LogP contribution in [-0.2, 0) is 4.83 Å². The lowest BCUT2D eigenvalue weighted by atomic mass is 9.91. The number of rotatable bonds is 4. The fraction of sp³-hybridized carbons (Fsp3) is 0.312. The summed E-state index contributed by atoms with van der Waals surface area (Å²) in [6.45, 7) is 0. The number of alkyl halides is 5. The molecule has 0 N–H and O–H groups in total. The van der Waals surface area contributed by atoms with Gasteiger partial charge in [-0.05, 0) is 40.2 Å². The van der Waals surface area contributed by atoms with E-state index >= 15 is 0 Å². The van der Waals surface area contributed by atoms with Crippen molar-refractivity contribution in [1.82, 2.24) is 19.6 Å². The van der Waals surface area contributed by atoms with Gasteiger partial charge in [0.05, 0.1) is 11.9 Å². The summed E-state index contributed by atoms with van der Waals surface area (Å²) in [5, 5.41) is 7.12. The van der Waals surface area contributed by atoms with Gasteiger partial charge in [-0.2, -0.15) is 8.78 Å². The molecule has 1 fully saturated rings. The third-order valence-electron chi connectivity index (χ3n) is 4.05. The first-order chi connectivity index (χ1) is 12.2. The Bertz CT molecular complexity index is 947. The maximum atomic E-state index is 13.5. The van der Waals surface area contributed by atoms with Crippen LogP contribution in [0.15, 0.2) is 36.7 Å². The first-order valence-electron chi connectivity index (χ1n) is 7.64. The van der Waals surface area contributed by atoms with Crippen molar-refractivity contribution < 1.29 is 22.3 Å². The molecule has 0 unspecified atom stereocenters. The molecule has 26 heavy (non-hydrogen) atoms. The van der Waals surface area contributed by atoms with Gasteiger partial charge in [-0.25, -0.2) is 8.78 Å². The number of hydrogen-bond acceptors (Lipinski definition) is 4. The monoisotopic (exact) mass is 430 g/mol. The highest BCUT2D eigenvalue weighted by Crippen LogP contribution is 2.40. The first-order valence-corrected chi connectivity index (χ1v) is 8.43. The van der Waals surface area contributed by atoms with E-state index in [2.05, 4.69) is 31.1 Å². The SMILES string of the molecule is FC1(F)CC(Oc2ccc(-c3cn4c(C(F)(F)Br)nnc4cn3)cc2)C1. The lowest BCUT2D eigenvalue weighted by Gasteiger charge is -2.34. The van der Waals surface area contributed by atoms with Crippen LogP contribution in [0.4, 0.5) is 17.6 Å². The molecule has 0 aliphatic heterocycles. The minimum atomic E-state index is -3.33. The van der Waals surface area contributed by atoms with Crippen LogP contribution < -0.4 is 4.74 Å². The van der Waals surface area contributed by atoms with E-state index < -0.39 is 22.7 Å². The Hall–Kier alpha value is -2.23. The van der Waals surface area contributed by atoms with Crippen molar-refractivity contribution in [2.24, 2.45) is 0 Å². The summed E-state index contributed by atoms with van der Waals surface area (Å²) in [5.74, 6) is -2.73. The molecule has 0 saturated heterocycles. The van der Waals surface area contributed by atoms with Gasteiger partial charge in [0, 0.05) is 24.6 Å². The summed E-state index contributed by atoms with van der Waals surface area (Å²) in [6.07, 6.45) is 1.67. The Kier molecular flexibility index (Phi) is 3.90. The van der Waals surface area contributed by atoms with E-state index in [0.29, 0.717) is 17.0 Å². The van der Waals surface area contributed by atoms with Crippen molar-refractivity contribution in [3.63, 3.8) is 0 Å². The van der Waals surface area contributed by atoms with Gasteiger partial charge in [0.25, 0.3) is 5.92 Å². The molecule has 0 bridgehead atoms. The number of aromatic nitrogens is 4. The van der Waals surface area contributed by atoms with E-state index in [1.54, 1.807) is 24.3 Å². The molecule has 0 amide bonds. The summed E-state index contributed by atoms with van der Waals surface area (Å²) in [4.78, 5) is 0.860. The molecule has 5 nitrogen and oxygen atoms in total. The average molecular weight is 431 g/mol. The number of nitrogens with zero attached hydrogens (tertiary/aromatic N) is 4. The number of ether oxygens (including phenoxy) is 1. The van der Waals surface area contributed by atoms with Gasteiger partial charge in [-0.3, -0.25) is 9.38 Å². The zero-order valence-corrected chi connectivity index (χ0v) is 14.6. The predicted molar refractivity (Wildman–Crippen MR) is 87.6 cm³/mol. The fourth-order valence-corrected chi connectivity index (χ4v) is 3.00. The summed E-state index contributed by atoms with van der Waals surface area (Å²) in [7, 11) is 0. The smallest absolute Gasteiger partial charge is 0.360 e. The van der Waals surface area contributed by atoms with Crippen molar-refractivity contribution in [2.45, 2.75) is 29.7 Å². The number of benzene rings is 1. The number of halogens is 5. The fourth-order valence-electron chi connectivity index (χ4n) is 2.73. The van der Waals surface area contributed by atoms with Gasteiger partial charge >= 0.3 is 4.83 Å². The van der Waals surface area contributed by atoms with Crippen molar-refractivity contribution in [3.05, 3.63) is 42.5 Å². The standard InChI is InChI=1S/C16H11BrF4N4O/c17-16(20,21)14-24-23-13-7-22-12(8-25(13)14)9-1-3-10(4-2-9)26-11-5-15(18,19)6-11/h1-4,7-8,11H,5-6H2. The third-order valence-corrected chi connectivity index (χ3v) is 4.41. The Labute approximate surface area is 153 Å². The molecule has 0 atom stereocenters. The van der Waals surface area contributed by atoms with Crippen LogP contribution in [0.25, 0.3) is 16.9 Å². The molecule has 4 rings (SSSR count). The highest BCUT2D eigenvalue weighted by Gasteiger charge is 2.46. The summed E-state index contributed by atoms with van der Waals surface area (Å²) >= 11 is 2.27. The highest BCUT2D eigenvalue weighted by atomic mass is 79.9. The molecule has 2 aromatic heterocycles. The Morgan fingerprint density at radius 3 is 2.46 bits per heavy atom. The molecular weight excluding hydrogens is 420 g/mol. The van der Waals surface area contributed by atoms with E-state index in [9.17, 15) is 17.6 Å². The van der Waals surface area contributed by atoms with Gasteiger partial charge in [0.1, 0.15) is 11.9 Å². The molecule has 1 aliphatic carbocycles. The minimum absolute atomic E-state index is 0.189. The van der Waals surface area contributed by atoms with Crippen LogP contribution in [-0.4, -0.2) is 31.6 Å². The van der Waals surface area contributed by atoms with Crippen LogP contribution in [0.2, 0.25) is 0 Å². The minimum Gasteiger partial charge on any atom is -0.490 e. The molecule has 0 radical (unpaired) electrons. The molecule has 10 heteroatoms. The van der Waals surface area contributed by atoms with E-state index in [1.807, 2.05) is 0 Å². The van der Waals surface area contributed by atoms with Crippen LogP contribution in [0, 0.1) is 0 Å². The summed E-state index contributed by atoms with van der Waals surface area (Å²) < 4.78 is 59.3. The van der Waals surface area contributed by atoms with Gasteiger partial charge in [-0.15, -0.1) is 10.2 Å². The molecule has 136 valence electrons. The first kappa shape index (κ1) is 17.2. The van der Waals surface area contributed by atoms with Crippen molar-refractivity contribution >= 4 is 21.6 Å². The zero-order valence-electron chi connectivity index (χ0n) is 13.0. The zero-order chi connectivity index (χ0) is 18.5. The highest BCUT2D eigenvalue weighted by molar-refractivity contribution is 9.09. The second-order valence-corrected chi connectivity index (χ2v) is 7.05. The van der Waals surface area contributed by atoms with Crippen LogP contribution in [0.5, 0.6) is 5.75 Å². The molecule has 1 saturated carbocycles. The van der Waals surface area contributed by atoms with E-state index in [1.165, 1.54) is 12.4 Å². The summed E-state index contributed by atoms with van der Waals surface area (Å²) in [5.41, 5.74) is 1.27. The largest absolute Gasteiger partial charge is 0.490 e. The molecule has 0 spiro atoms. The predicted octanol–water partition coefficient (Wildman–Crippen LogP) is 4.41.